The summed E-state index contributed by atoms with van der Waals surface area (Å²) in [6.07, 6.45) is 1.03. The topological polar surface area (TPSA) is 79.5 Å². The molecule has 0 aliphatic rings. The maximum Gasteiger partial charge on any atom is 0.251 e. The molecule has 2 aromatic carbocycles. The second-order valence-corrected chi connectivity index (χ2v) is 8.05. The van der Waals surface area contributed by atoms with Crippen LogP contribution in [0.25, 0.3) is 0 Å². The largest absolute Gasteiger partial charge is 0.491 e. The van der Waals surface area contributed by atoms with Crippen molar-refractivity contribution in [3.05, 3.63) is 54.1 Å². The van der Waals surface area contributed by atoms with Crippen LogP contribution >= 0.6 is 0 Å². The van der Waals surface area contributed by atoms with Crippen molar-refractivity contribution in [1.29, 1.82) is 0 Å². The molecule has 2 amide bonds. The van der Waals surface area contributed by atoms with Crippen molar-refractivity contribution in [2.75, 3.05) is 17.2 Å². The van der Waals surface area contributed by atoms with Crippen LogP contribution in [0.2, 0.25) is 0 Å². The Morgan fingerprint density at radius 3 is 2.41 bits per heavy atom. The first-order valence-electron chi connectivity index (χ1n) is 9.89. The van der Waals surface area contributed by atoms with Gasteiger partial charge in [-0.1, -0.05) is 19.1 Å². The van der Waals surface area contributed by atoms with Crippen molar-refractivity contribution in [1.82, 2.24) is 5.32 Å². The number of carbonyl (C=O) groups excluding carboxylic acids is 2. The zero-order chi connectivity index (χ0) is 21.4. The van der Waals surface area contributed by atoms with E-state index in [4.69, 9.17) is 4.74 Å². The lowest BCUT2D eigenvalue weighted by Gasteiger charge is -2.20. The Kier molecular flexibility index (Phi) is 7.65. The third-order valence-corrected chi connectivity index (χ3v) is 4.10. The average Bonchev–Trinajstić information content (AvgIpc) is 2.65. The van der Waals surface area contributed by atoms with Crippen LogP contribution in [-0.2, 0) is 4.79 Å². The minimum Gasteiger partial charge on any atom is -0.491 e. The van der Waals surface area contributed by atoms with Crippen molar-refractivity contribution in [2.24, 2.45) is 0 Å². The molecule has 0 spiro atoms. The molecule has 0 fully saturated rings. The highest BCUT2D eigenvalue weighted by Gasteiger charge is 2.15. The minimum atomic E-state index is -0.312. The van der Waals surface area contributed by atoms with Crippen LogP contribution < -0.4 is 20.7 Å². The number of benzene rings is 2. The maximum absolute atomic E-state index is 12.3. The van der Waals surface area contributed by atoms with Gasteiger partial charge in [-0.3, -0.25) is 9.59 Å². The number of rotatable bonds is 8. The Balaban J connectivity index is 1.92. The molecule has 29 heavy (non-hydrogen) atoms. The van der Waals surface area contributed by atoms with Gasteiger partial charge in [-0.25, -0.2) is 0 Å². The molecular formula is C23H31N3O3. The Morgan fingerprint density at radius 1 is 1.03 bits per heavy atom. The van der Waals surface area contributed by atoms with Crippen molar-refractivity contribution in [3.63, 3.8) is 0 Å². The molecule has 2 rings (SSSR count). The van der Waals surface area contributed by atoms with Crippen LogP contribution in [0, 0.1) is 0 Å². The summed E-state index contributed by atoms with van der Waals surface area (Å²) in [7, 11) is 0. The fourth-order valence-electron chi connectivity index (χ4n) is 2.53. The van der Waals surface area contributed by atoms with Gasteiger partial charge in [-0.15, -0.1) is 0 Å². The van der Waals surface area contributed by atoms with Crippen LogP contribution in [0.1, 0.15) is 51.4 Å². The van der Waals surface area contributed by atoms with Gasteiger partial charge in [0, 0.05) is 28.5 Å². The molecule has 6 heteroatoms. The van der Waals surface area contributed by atoms with Crippen LogP contribution in [0.15, 0.2) is 48.5 Å². The van der Waals surface area contributed by atoms with Gasteiger partial charge in [0.05, 0.1) is 12.6 Å². The lowest BCUT2D eigenvalue weighted by Crippen LogP contribution is -2.40. The molecule has 0 saturated carbocycles. The Morgan fingerprint density at radius 2 is 1.72 bits per heavy atom. The molecule has 1 unspecified atom stereocenters. The number of nitrogens with one attached hydrogen (secondary N) is 3. The minimum absolute atomic E-state index is 0.0841. The van der Waals surface area contributed by atoms with E-state index in [0.29, 0.717) is 16.9 Å². The van der Waals surface area contributed by atoms with Gasteiger partial charge in [0.15, 0.2) is 0 Å². The van der Waals surface area contributed by atoms with Gasteiger partial charge in [0.25, 0.3) is 5.91 Å². The second kappa shape index (κ2) is 9.96. The SMILES string of the molecule is CCC(C)Oc1cccc(NC(=O)CNc2cccc(C(=O)NC(C)(C)C)c2)c1. The Labute approximate surface area is 173 Å². The lowest BCUT2D eigenvalue weighted by atomic mass is 10.1. The third-order valence-electron chi connectivity index (χ3n) is 4.10. The summed E-state index contributed by atoms with van der Waals surface area (Å²) in [4.78, 5) is 24.6. The van der Waals surface area contributed by atoms with E-state index in [1.54, 1.807) is 18.2 Å². The van der Waals surface area contributed by atoms with Crippen molar-refractivity contribution < 1.29 is 14.3 Å². The summed E-state index contributed by atoms with van der Waals surface area (Å²) in [6, 6.07) is 14.4. The fourth-order valence-corrected chi connectivity index (χ4v) is 2.53. The van der Waals surface area contributed by atoms with Crippen LogP contribution in [0.5, 0.6) is 5.75 Å². The number of amides is 2. The van der Waals surface area contributed by atoms with Crippen molar-refractivity contribution in [2.45, 2.75) is 52.7 Å². The first kappa shape index (κ1) is 22.3. The van der Waals surface area contributed by atoms with Gasteiger partial charge in [0.1, 0.15) is 5.75 Å². The zero-order valence-electron chi connectivity index (χ0n) is 17.8. The van der Waals surface area contributed by atoms with Crippen LogP contribution in [-0.4, -0.2) is 30.0 Å². The molecular weight excluding hydrogens is 366 g/mol. The highest BCUT2D eigenvalue weighted by Crippen LogP contribution is 2.19. The van der Waals surface area contributed by atoms with Gasteiger partial charge < -0.3 is 20.7 Å². The molecule has 3 N–H and O–H groups in total. The molecule has 0 radical (unpaired) electrons. The van der Waals surface area contributed by atoms with E-state index in [0.717, 1.165) is 12.2 Å². The summed E-state index contributed by atoms with van der Waals surface area (Å²) in [5.41, 5.74) is 1.61. The highest BCUT2D eigenvalue weighted by molar-refractivity contribution is 5.96. The number of hydrogen-bond donors (Lipinski definition) is 3. The summed E-state index contributed by atoms with van der Waals surface area (Å²) >= 11 is 0. The van der Waals surface area contributed by atoms with Gasteiger partial charge in [0.2, 0.25) is 5.91 Å². The van der Waals surface area contributed by atoms with Crippen LogP contribution in [0.4, 0.5) is 11.4 Å². The molecule has 0 saturated heterocycles. The van der Waals surface area contributed by atoms with Gasteiger partial charge in [-0.2, -0.15) is 0 Å². The lowest BCUT2D eigenvalue weighted by molar-refractivity contribution is -0.114. The monoisotopic (exact) mass is 397 g/mol. The fraction of sp³-hybridized carbons (Fsp3) is 0.391. The summed E-state index contributed by atoms with van der Waals surface area (Å²) in [6.45, 7) is 9.94. The predicted molar refractivity (Wildman–Crippen MR) is 118 cm³/mol. The maximum atomic E-state index is 12.3. The first-order chi connectivity index (χ1) is 13.7. The molecule has 156 valence electrons. The number of carbonyl (C=O) groups is 2. The van der Waals surface area contributed by atoms with E-state index in [9.17, 15) is 9.59 Å². The second-order valence-electron chi connectivity index (χ2n) is 8.05. The van der Waals surface area contributed by atoms with E-state index >= 15 is 0 Å². The number of hydrogen-bond acceptors (Lipinski definition) is 4. The molecule has 0 bridgehead atoms. The molecule has 6 nitrogen and oxygen atoms in total. The van der Waals surface area contributed by atoms with Crippen molar-refractivity contribution in [3.8, 4) is 5.75 Å². The summed E-state index contributed by atoms with van der Waals surface area (Å²) in [5, 5.41) is 8.83. The standard InChI is InChI=1S/C23H31N3O3/c1-6-16(2)29-20-12-8-11-19(14-20)25-21(27)15-24-18-10-7-9-17(13-18)22(28)26-23(3,4)5/h7-14,16,24H,6,15H2,1-5H3,(H,25,27)(H,26,28). The number of anilines is 2. The first-order valence-corrected chi connectivity index (χ1v) is 9.89. The summed E-state index contributed by atoms with van der Waals surface area (Å²) < 4.78 is 5.78. The van der Waals surface area contributed by atoms with Gasteiger partial charge >= 0.3 is 0 Å². The van der Waals surface area contributed by atoms with E-state index in [-0.39, 0.29) is 30.0 Å². The Hall–Kier alpha value is -3.02. The normalized spacial score (nSPS) is 12.0. The van der Waals surface area contributed by atoms with Gasteiger partial charge in [-0.05, 0) is 64.4 Å². The zero-order valence-corrected chi connectivity index (χ0v) is 17.8. The number of ether oxygens (including phenoxy) is 1. The molecule has 0 aromatic heterocycles. The Bertz CT molecular complexity index is 843. The van der Waals surface area contributed by atoms with Crippen molar-refractivity contribution >= 4 is 23.2 Å². The molecule has 0 aliphatic heterocycles. The highest BCUT2D eigenvalue weighted by atomic mass is 16.5. The van der Waals surface area contributed by atoms with E-state index in [2.05, 4.69) is 22.9 Å². The van der Waals surface area contributed by atoms with Crippen LogP contribution in [0.3, 0.4) is 0 Å². The quantitative estimate of drug-likeness (QED) is 0.615. The molecule has 0 heterocycles. The van der Waals surface area contributed by atoms with E-state index in [1.807, 2.05) is 58.0 Å². The summed E-state index contributed by atoms with van der Waals surface area (Å²) in [5.74, 6) is 0.390. The molecule has 0 aliphatic carbocycles. The average molecular weight is 398 g/mol. The van der Waals surface area contributed by atoms with E-state index in [1.165, 1.54) is 0 Å². The van der Waals surface area contributed by atoms with E-state index < -0.39 is 0 Å². The third kappa shape index (κ3) is 7.86. The smallest absolute Gasteiger partial charge is 0.251 e. The molecule has 1 atom stereocenters. The predicted octanol–water partition coefficient (Wildman–Crippen LogP) is 4.44. The molecule has 2 aromatic rings.